The third-order valence-corrected chi connectivity index (χ3v) is 2.75. The summed E-state index contributed by atoms with van der Waals surface area (Å²) >= 11 is 4.64. The van der Waals surface area contributed by atoms with Gasteiger partial charge in [-0.2, -0.15) is 12.6 Å². The van der Waals surface area contributed by atoms with Gasteiger partial charge in [0, 0.05) is 4.75 Å². The summed E-state index contributed by atoms with van der Waals surface area (Å²) in [7, 11) is 0. The van der Waals surface area contributed by atoms with Crippen LogP contribution in [0.2, 0.25) is 0 Å². The second-order valence-corrected chi connectivity index (χ2v) is 5.43. The number of hydrogen-bond donors (Lipinski definition) is 1. The summed E-state index contributed by atoms with van der Waals surface area (Å²) in [5.74, 6) is 1.76. The molecule has 1 fully saturated rings. The van der Waals surface area contributed by atoms with Crippen LogP contribution < -0.4 is 0 Å². The van der Waals surface area contributed by atoms with Gasteiger partial charge in [0.25, 0.3) is 0 Å². The molecule has 10 heavy (non-hydrogen) atoms. The van der Waals surface area contributed by atoms with Gasteiger partial charge < -0.3 is 0 Å². The molecule has 0 N–H and O–H groups in total. The Morgan fingerprint density at radius 3 is 1.90 bits per heavy atom. The van der Waals surface area contributed by atoms with Crippen LogP contribution in [0.15, 0.2) is 0 Å². The van der Waals surface area contributed by atoms with Gasteiger partial charge in [-0.15, -0.1) is 0 Å². The molecule has 1 saturated carbocycles. The Hall–Kier alpha value is 0.350. The number of thiol groups is 1. The van der Waals surface area contributed by atoms with Crippen LogP contribution in [-0.4, -0.2) is 4.75 Å². The molecular formula is C9H18S. The molecule has 0 aromatic rings. The molecule has 1 aliphatic rings. The maximum absolute atomic E-state index is 4.64. The smallest absolute Gasteiger partial charge is 0.0106 e. The van der Waals surface area contributed by atoms with E-state index in [1.54, 1.807) is 0 Å². The van der Waals surface area contributed by atoms with Crippen LogP contribution in [-0.2, 0) is 0 Å². The van der Waals surface area contributed by atoms with Gasteiger partial charge in [-0.3, -0.25) is 0 Å². The number of hydrogen-bond acceptors (Lipinski definition) is 1. The van der Waals surface area contributed by atoms with E-state index in [1.165, 1.54) is 19.3 Å². The van der Waals surface area contributed by atoms with E-state index in [4.69, 9.17) is 0 Å². The monoisotopic (exact) mass is 158 g/mol. The third kappa shape index (κ3) is 2.19. The average Bonchev–Trinajstić information content (AvgIpc) is 1.54. The Morgan fingerprint density at radius 2 is 1.60 bits per heavy atom. The Balaban J connectivity index is 2.51. The van der Waals surface area contributed by atoms with E-state index in [9.17, 15) is 0 Å². The Labute approximate surface area is 69.8 Å². The van der Waals surface area contributed by atoms with Gasteiger partial charge in [-0.25, -0.2) is 0 Å². The van der Waals surface area contributed by atoms with Crippen molar-refractivity contribution in [3.8, 4) is 0 Å². The molecule has 1 rings (SSSR count). The average molecular weight is 158 g/mol. The van der Waals surface area contributed by atoms with E-state index in [0.717, 1.165) is 11.8 Å². The summed E-state index contributed by atoms with van der Waals surface area (Å²) in [5.41, 5.74) is 0. The predicted octanol–water partition coefficient (Wildman–Crippen LogP) is 3.13. The normalized spacial score (nSPS) is 49.2. The molecule has 1 heteroatoms. The van der Waals surface area contributed by atoms with Crippen molar-refractivity contribution >= 4 is 12.6 Å². The Bertz CT molecular complexity index is 106. The lowest BCUT2D eigenvalue weighted by molar-refractivity contribution is 0.258. The fourth-order valence-corrected chi connectivity index (χ4v) is 3.06. The summed E-state index contributed by atoms with van der Waals surface area (Å²) in [6.45, 7) is 6.94. The van der Waals surface area contributed by atoms with E-state index in [0.29, 0.717) is 4.75 Å². The fraction of sp³-hybridized carbons (Fsp3) is 1.00. The molecule has 1 aliphatic carbocycles. The van der Waals surface area contributed by atoms with Crippen molar-refractivity contribution in [3.05, 3.63) is 0 Å². The van der Waals surface area contributed by atoms with Crippen molar-refractivity contribution in [2.45, 2.75) is 44.8 Å². The van der Waals surface area contributed by atoms with Crippen molar-refractivity contribution in [1.29, 1.82) is 0 Å². The first kappa shape index (κ1) is 8.45. The lowest BCUT2D eigenvalue weighted by Gasteiger charge is -2.36. The zero-order chi connectivity index (χ0) is 7.78. The van der Waals surface area contributed by atoms with Crippen LogP contribution in [0.25, 0.3) is 0 Å². The Morgan fingerprint density at radius 1 is 1.20 bits per heavy atom. The molecule has 2 unspecified atom stereocenters. The summed E-state index contributed by atoms with van der Waals surface area (Å²) in [5, 5.41) is 0. The first-order chi connectivity index (χ1) is 4.49. The van der Waals surface area contributed by atoms with Crippen molar-refractivity contribution < 1.29 is 0 Å². The minimum Gasteiger partial charge on any atom is -0.173 e. The summed E-state index contributed by atoms with van der Waals surface area (Å²) in [6, 6.07) is 0. The molecule has 0 amide bonds. The van der Waals surface area contributed by atoms with Crippen LogP contribution in [0.5, 0.6) is 0 Å². The van der Waals surface area contributed by atoms with Crippen LogP contribution in [0.3, 0.4) is 0 Å². The Kier molecular flexibility index (Phi) is 2.34. The van der Waals surface area contributed by atoms with E-state index < -0.39 is 0 Å². The SMILES string of the molecule is CC1CC(C)CC(C)(S)C1. The largest absolute Gasteiger partial charge is 0.173 e. The van der Waals surface area contributed by atoms with Gasteiger partial charge in [-0.05, 0) is 31.1 Å². The van der Waals surface area contributed by atoms with E-state index in [-0.39, 0.29) is 0 Å². The first-order valence-electron chi connectivity index (χ1n) is 4.22. The number of rotatable bonds is 0. The summed E-state index contributed by atoms with van der Waals surface area (Å²) in [6.07, 6.45) is 3.98. The van der Waals surface area contributed by atoms with Crippen LogP contribution in [0.1, 0.15) is 40.0 Å². The van der Waals surface area contributed by atoms with Crippen LogP contribution in [0, 0.1) is 11.8 Å². The third-order valence-electron chi connectivity index (χ3n) is 2.38. The van der Waals surface area contributed by atoms with E-state index >= 15 is 0 Å². The topological polar surface area (TPSA) is 0 Å². The minimum atomic E-state index is 0.317. The van der Waals surface area contributed by atoms with Gasteiger partial charge in [0.15, 0.2) is 0 Å². The zero-order valence-corrected chi connectivity index (χ0v) is 8.12. The minimum absolute atomic E-state index is 0.317. The van der Waals surface area contributed by atoms with Crippen molar-refractivity contribution in [2.24, 2.45) is 11.8 Å². The highest BCUT2D eigenvalue weighted by Crippen LogP contribution is 2.39. The quantitative estimate of drug-likeness (QED) is 0.514. The van der Waals surface area contributed by atoms with Gasteiger partial charge in [0.05, 0.1) is 0 Å². The second kappa shape index (κ2) is 2.77. The zero-order valence-electron chi connectivity index (χ0n) is 7.22. The van der Waals surface area contributed by atoms with Crippen LogP contribution in [0.4, 0.5) is 0 Å². The van der Waals surface area contributed by atoms with Crippen molar-refractivity contribution in [1.82, 2.24) is 0 Å². The van der Waals surface area contributed by atoms with E-state index in [1.807, 2.05) is 0 Å². The molecular weight excluding hydrogens is 140 g/mol. The van der Waals surface area contributed by atoms with Gasteiger partial charge >= 0.3 is 0 Å². The van der Waals surface area contributed by atoms with Gasteiger partial charge in [0.1, 0.15) is 0 Å². The molecule has 0 aliphatic heterocycles. The molecule has 0 spiro atoms. The maximum atomic E-state index is 4.64. The lowest BCUT2D eigenvalue weighted by Crippen LogP contribution is -2.29. The predicted molar refractivity (Wildman–Crippen MR) is 49.6 cm³/mol. The van der Waals surface area contributed by atoms with E-state index in [2.05, 4.69) is 33.4 Å². The molecule has 0 radical (unpaired) electrons. The highest BCUT2D eigenvalue weighted by molar-refractivity contribution is 7.81. The van der Waals surface area contributed by atoms with Crippen molar-refractivity contribution in [3.63, 3.8) is 0 Å². The lowest BCUT2D eigenvalue weighted by atomic mass is 9.77. The molecule has 0 aromatic heterocycles. The highest BCUT2D eigenvalue weighted by atomic mass is 32.1. The summed E-state index contributed by atoms with van der Waals surface area (Å²) < 4.78 is 0.317. The molecule has 0 saturated heterocycles. The van der Waals surface area contributed by atoms with Gasteiger partial charge in [0.2, 0.25) is 0 Å². The molecule has 0 heterocycles. The first-order valence-corrected chi connectivity index (χ1v) is 4.67. The molecule has 60 valence electrons. The summed E-state index contributed by atoms with van der Waals surface area (Å²) in [4.78, 5) is 0. The highest BCUT2D eigenvalue weighted by Gasteiger charge is 2.30. The fourth-order valence-electron chi connectivity index (χ4n) is 2.44. The second-order valence-electron chi connectivity index (χ2n) is 4.35. The molecule has 2 atom stereocenters. The molecule has 0 nitrogen and oxygen atoms in total. The van der Waals surface area contributed by atoms with Crippen molar-refractivity contribution in [2.75, 3.05) is 0 Å². The van der Waals surface area contributed by atoms with Crippen LogP contribution >= 0.6 is 12.6 Å². The maximum Gasteiger partial charge on any atom is 0.0106 e. The van der Waals surface area contributed by atoms with Gasteiger partial charge in [-0.1, -0.05) is 20.8 Å². The molecule has 0 aromatic carbocycles. The standard InChI is InChI=1S/C9H18S/c1-7-4-8(2)6-9(3,10)5-7/h7-8,10H,4-6H2,1-3H3. The molecule has 0 bridgehead atoms.